The summed E-state index contributed by atoms with van der Waals surface area (Å²) < 4.78 is 38.7. The number of hydrogen-bond acceptors (Lipinski definition) is 21. The minimum atomic E-state index is -0.616. The monoisotopic (exact) mass is 1690 g/mol. The highest BCUT2D eigenvalue weighted by atomic mass is 79.9. The molecule has 0 saturated carbocycles. The summed E-state index contributed by atoms with van der Waals surface area (Å²) in [5.74, 6) is -2.28. The number of aromatic nitrogens is 11. The van der Waals surface area contributed by atoms with Crippen LogP contribution in [0.4, 0.5) is 0 Å². The van der Waals surface area contributed by atoms with Gasteiger partial charge in [0.1, 0.15) is 22.2 Å². The van der Waals surface area contributed by atoms with Crippen molar-refractivity contribution >= 4 is 112 Å². The van der Waals surface area contributed by atoms with Gasteiger partial charge in [0.05, 0.1) is 66.0 Å². The van der Waals surface area contributed by atoms with Gasteiger partial charge in [0.15, 0.2) is 11.9 Å². The van der Waals surface area contributed by atoms with Crippen LogP contribution in [0, 0.1) is 26.0 Å². The zero-order chi connectivity index (χ0) is 84.3. The molecule has 628 valence electrons. The van der Waals surface area contributed by atoms with Gasteiger partial charge < -0.3 is 86.9 Å². The van der Waals surface area contributed by atoms with Gasteiger partial charge in [0, 0.05) is 173 Å². The van der Waals surface area contributed by atoms with Crippen molar-refractivity contribution in [2.24, 2.45) is 0 Å². The summed E-state index contributed by atoms with van der Waals surface area (Å²) in [4.78, 5) is 75.3. The SMILES string of the molecule is C1=CCC=C1.CCOC(=O)c1cc2c(c(C)cn2CCCCO)c(Cl)n1.CCOC(=O)c1cc2c(c[n+]1[O-])c(C)cn2CCCCO.CCOC(=O)c1cc2c(ccn2CCCCO)cn1.CCOC(=O)c1cc2c(cn1)c(Br)cn2CCCCO.CCOC(=O)c1cc2c(cn1)c(C)cn2CCCCO.OCCCCn1cccc1. The smallest absolute Gasteiger partial charge is 0.405 e. The van der Waals surface area contributed by atoms with Gasteiger partial charge in [-0.2, -0.15) is 4.73 Å². The zero-order valence-corrected chi connectivity index (χ0v) is 70.2. The number of carbonyl (C=O) groups is 5. The number of aryl methyl sites for hydroxylation is 9. The fourth-order valence-electron chi connectivity index (χ4n) is 12.3. The minimum Gasteiger partial charge on any atom is -0.618 e. The van der Waals surface area contributed by atoms with Crippen LogP contribution in [0.25, 0.3) is 54.5 Å². The Labute approximate surface area is 690 Å². The topological polar surface area (TPSA) is 361 Å². The number of pyridine rings is 5. The molecule has 12 rings (SSSR count). The fourth-order valence-corrected chi connectivity index (χ4v) is 13.2. The molecule has 0 unspecified atom stereocenters. The summed E-state index contributed by atoms with van der Waals surface area (Å²) in [6, 6.07) is 14.6. The van der Waals surface area contributed by atoms with E-state index in [1.807, 2.05) is 85.3 Å². The van der Waals surface area contributed by atoms with Crippen molar-refractivity contribution < 1.29 is 83.0 Å². The molecule has 11 heterocycles. The molecular weight excluding hydrogens is 1570 g/mol. The van der Waals surface area contributed by atoms with Gasteiger partial charge in [-0.1, -0.05) is 35.9 Å². The van der Waals surface area contributed by atoms with Crippen LogP contribution in [-0.2, 0) is 63.0 Å². The first-order valence-electron chi connectivity index (χ1n) is 39.6. The maximum atomic E-state index is 11.9. The molecule has 0 aliphatic heterocycles. The number of nitrogens with zero attached hydrogens (tertiary/aromatic N) is 11. The summed E-state index contributed by atoms with van der Waals surface area (Å²) in [5, 5.41) is 69.7. The molecule has 0 spiro atoms. The summed E-state index contributed by atoms with van der Waals surface area (Å²) in [6.07, 6.45) is 40.1. The van der Waals surface area contributed by atoms with E-state index in [0.29, 0.717) is 60.0 Å². The van der Waals surface area contributed by atoms with Crippen molar-refractivity contribution in [2.75, 3.05) is 72.7 Å². The highest BCUT2D eigenvalue weighted by Gasteiger charge is 2.23. The number of carbonyl (C=O) groups excluding carboxylic acids is 5. The van der Waals surface area contributed by atoms with Crippen LogP contribution in [0.2, 0.25) is 5.15 Å². The second kappa shape index (κ2) is 51.8. The summed E-state index contributed by atoms with van der Waals surface area (Å²) in [7, 11) is 0. The van der Waals surface area contributed by atoms with Crippen molar-refractivity contribution in [3.63, 3.8) is 0 Å². The highest BCUT2D eigenvalue weighted by Crippen LogP contribution is 2.31. The molecule has 0 saturated heterocycles. The number of allylic oxidation sites excluding steroid dienone is 4. The molecule has 30 heteroatoms. The van der Waals surface area contributed by atoms with Crippen LogP contribution in [-0.4, -0.2) is 180 Å². The lowest BCUT2D eigenvalue weighted by molar-refractivity contribution is -0.606. The number of esters is 5. The molecule has 6 N–H and O–H groups in total. The molecule has 11 aromatic rings. The normalized spacial score (nSPS) is 11.2. The Bertz CT molecular complexity index is 4810. The van der Waals surface area contributed by atoms with Gasteiger partial charge in [0.2, 0.25) is 0 Å². The number of aliphatic hydroxyl groups is 6. The third kappa shape index (κ3) is 29.0. The van der Waals surface area contributed by atoms with E-state index in [9.17, 15) is 29.2 Å². The number of unbranched alkanes of at least 4 members (excludes halogenated alkanes) is 6. The standard InChI is InChI=1S/C15H19ClN2O3.C15H20N2O4.C15H20N2O3.C14H17BrN2O3.C14H18N2O3.C8H13NO.C5H6/c1-3-21-15(20)11-8-12-13(14(16)17-11)10(2)9-18(12)6-4-5-7-19;1-3-21-15(19)14-8-13-12(10-17(14)20)11(2)9-16(13)6-4-5-7-18;1-3-20-15(19)13-8-14-12(9-16-13)11(2)10-17(14)6-4-5-7-18;1-2-20-14(19)12-7-13-10(8-16-12)11(15)9-17(13)5-3-4-6-18;1-2-19-14(18)12-9-13-11(10-15-12)5-7-16(13)6-3-4-8-17;10-8-4-3-7-9-5-1-2-6-9;1-2-4-5-3-1/h8-9,19H,3-7H2,1-2H3;8-10,18H,3-7H2,1-2H3;8-10,18H,3-7H2,1-2H3;7-9,18H,2-6H2,1H3;5,7,9-10,17H,2-4,6,8H2,1H3;1-2,5-6,10H,3-4,7-8H2;1-4H,5H2. The summed E-state index contributed by atoms with van der Waals surface area (Å²) in [6.45, 7) is 22.4. The van der Waals surface area contributed by atoms with Gasteiger partial charge in [-0.3, -0.25) is 0 Å². The van der Waals surface area contributed by atoms with E-state index < -0.39 is 29.8 Å². The van der Waals surface area contributed by atoms with Crippen LogP contribution in [0.5, 0.6) is 0 Å². The maximum Gasteiger partial charge on any atom is 0.405 e. The highest BCUT2D eigenvalue weighted by molar-refractivity contribution is 9.10. The number of aliphatic hydroxyl groups excluding tert-OH is 6. The van der Waals surface area contributed by atoms with E-state index in [4.69, 9.17) is 65.9 Å². The van der Waals surface area contributed by atoms with Crippen molar-refractivity contribution in [1.29, 1.82) is 0 Å². The van der Waals surface area contributed by atoms with Crippen LogP contribution in [0.15, 0.2) is 145 Å². The first-order valence-corrected chi connectivity index (χ1v) is 40.7. The second-order valence-corrected chi connectivity index (χ2v) is 27.9. The Balaban J connectivity index is 0.000000215. The fraction of sp³-hybridized carbons (Fsp3) is 0.442. The Kier molecular flexibility index (Phi) is 42.3. The molecule has 1 aliphatic rings. The van der Waals surface area contributed by atoms with Crippen molar-refractivity contribution in [1.82, 2.24) is 47.3 Å². The Hall–Kier alpha value is -10.1. The zero-order valence-electron chi connectivity index (χ0n) is 67.8. The van der Waals surface area contributed by atoms with Gasteiger partial charge in [0.25, 0.3) is 0 Å². The van der Waals surface area contributed by atoms with Gasteiger partial charge in [-0.15, -0.1) is 0 Å². The van der Waals surface area contributed by atoms with Gasteiger partial charge >= 0.3 is 35.5 Å². The van der Waals surface area contributed by atoms with Crippen molar-refractivity contribution in [3.8, 4) is 0 Å². The van der Waals surface area contributed by atoms with Crippen LogP contribution < -0.4 is 4.73 Å². The molecule has 0 fully saturated rings. The average molecular weight is 1690 g/mol. The third-order valence-electron chi connectivity index (χ3n) is 18.1. The van der Waals surface area contributed by atoms with E-state index in [-0.39, 0.29) is 51.0 Å². The lowest BCUT2D eigenvalue weighted by Gasteiger charge is -2.07. The maximum absolute atomic E-state index is 11.9. The molecule has 0 bridgehead atoms. The van der Waals surface area contributed by atoms with Gasteiger partial charge in [-0.05, 0) is 214 Å². The quantitative estimate of drug-likeness (QED) is 0.00545. The second-order valence-electron chi connectivity index (χ2n) is 26.7. The lowest BCUT2D eigenvalue weighted by Crippen LogP contribution is -2.35. The predicted octanol–water partition coefficient (Wildman–Crippen LogP) is 14.3. The molecule has 0 atom stereocenters. The number of ether oxygens (including phenoxy) is 5. The van der Waals surface area contributed by atoms with Crippen molar-refractivity contribution in [2.45, 2.75) is 178 Å². The van der Waals surface area contributed by atoms with Crippen molar-refractivity contribution in [3.05, 3.63) is 201 Å². The molecular formula is C86H113BrClN11O17. The largest absolute Gasteiger partial charge is 0.618 e. The number of fused-ring (bicyclic) bond motifs is 5. The Morgan fingerprint density at radius 2 is 0.828 bits per heavy atom. The van der Waals surface area contributed by atoms with Gasteiger partial charge in [-0.25, -0.2) is 43.9 Å². The van der Waals surface area contributed by atoms with E-state index in [1.165, 1.54) is 6.20 Å². The van der Waals surface area contributed by atoms with E-state index in [1.54, 1.807) is 83.5 Å². The molecule has 1 aliphatic carbocycles. The molecule has 28 nitrogen and oxygen atoms in total. The summed E-state index contributed by atoms with van der Waals surface area (Å²) >= 11 is 9.71. The average Bonchev–Trinajstić information content (AvgIpc) is 1.64. The molecule has 116 heavy (non-hydrogen) atoms. The minimum absolute atomic E-state index is 0.00846. The number of halogens is 2. The van der Waals surface area contributed by atoms with Crippen LogP contribution in [0.3, 0.4) is 0 Å². The first-order chi connectivity index (χ1) is 56.2. The lowest BCUT2D eigenvalue weighted by atomic mass is 10.2. The predicted molar refractivity (Wildman–Crippen MR) is 452 cm³/mol. The summed E-state index contributed by atoms with van der Waals surface area (Å²) in [5.41, 5.74) is 8.91. The Morgan fingerprint density at radius 3 is 1.29 bits per heavy atom. The molecule has 0 radical (unpaired) electrons. The first kappa shape index (κ1) is 94.7. The number of hydrogen-bond donors (Lipinski definition) is 6. The van der Waals surface area contributed by atoms with E-state index in [2.05, 4.69) is 84.6 Å². The molecule has 11 aromatic heterocycles. The molecule has 0 amide bonds. The van der Waals surface area contributed by atoms with Crippen LogP contribution in [0.1, 0.15) is 187 Å². The van der Waals surface area contributed by atoms with Crippen LogP contribution >= 0.6 is 27.5 Å². The molecule has 0 aromatic carbocycles. The van der Waals surface area contributed by atoms with E-state index >= 15 is 0 Å². The Morgan fingerprint density at radius 1 is 0.448 bits per heavy atom. The van der Waals surface area contributed by atoms with E-state index in [0.717, 1.165) is 198 Å². The number of rotatable bonds is 34. The third-order valence-corrected chi connectivity index (χ3v) is 19.0.